The summed E-state index contributed by atoms with van der Waals surface area (Å²) in [6, 6.07) is 1.46. The van der Waals surface area contributed by atoms with E-state index in [0.29, 0.717) is 24.9 Å². The van der Waals surface area contributed by atoms with Crippen molar-refractivity contribution in [2.75, 3.05) is 13.2 Å². The Kier molecular flexibility index (Phi) is 6.36. The number of nitrogens with one attached hydrogen (secondary N) is 1. The van der Waals surface area contributed by atoms with E-state index in [4.69, 9.17) is 4.74 Å². The van der Waals surface area contributed by atoms with Gasteiger partial charge in [-0.1, -0.05) is 19.9 Å². The first kappa shape index (κ1) is 14.6. The van der Waals surface area contributed by atoms with Crippen LogP contribution in [-0.2, 0) is 6.54 Å². The molecule has 0 aromatic carbocycles. The number of halogens is 1. The van der Waals surface area contributed by atoms with E-state index in [9.17, 15) is 4.39 Å². The fourth-order valence-corrected chi connectivity index (χ4v) is 1.46. The topological polar surface area (TPSA) is 34.1 Å². The molecule has 0 atom stereocenters. The molecule has 0 aliphatic heterocycles. The van der Waals surface area contributed by atoms with Crippen molar-refractivity contribution in [1.29, 1.82) is 0 Å². The maximum absolute atomic E-state index is 13.2. The second-order valence-electron chi connectivity index (χ2n) is 4.57. The zero-order valence-electron chi connectivity index (χ0n) is 11.1. The highest BCUT2D eigenvalue weighted by atomic mass is 19.1. The minimum atomic E-state index is -0.340. The standard InChI is InChI=1S/C14H21FN2O/c1-4-5-6-18-14-12(7-13(15)10-17-14)9-16-8-11(2)3/h4,7,10-11,16H,1,5-6,8-9H2,2-3H3. The van der Waals surface area contributed by atoms with Crippen molar-refractivity contribution in [3.8, 4) is 5.88 Å². The van der Waals surface area contributed by atoms with Crippen molar-refractivity contribution in [2.45, 2.75) is 26.8 Å². The quantitative estimate of drug-likeness (QED) is 0.570. The number of nitrogens with zero attached hydrogens (tertiary/aromatic N) is 1. The Hall–Kier alpha value is -1.42. The Morgan fingerprint density at radius 2 is 2.33 bits per heavy atom. The van der Waals surface area contributed by atoms with Crippen molar-refractivity contribution in [3.05, 3.63) is 36.3 Å². The van der Waals surface area contributed by atoms with Gasteiger partial charge in [-0.15, -0.1) is 6.58 Å². The summed E-state index contributed by atoms with van der Waals surface area (Å²) < 4.78 is 18.7. The molecule has 18 heavy (non-hydrogen) atoms. The van der Waals surface area contributed by atoms with Crippen LogP contribution < -0.4 is 10.1 Å². The van der Waals surface area contributed by atoms with E-state index < -0.39 is 0 Å². The Morgan fingerprint density at radius 3 is 3.00 bits per heavy atom. The molecule has 0 radical (unpaired) electrons. The van der Waals surface area contributed by atoms with E-state index in [1.807, 2.05) is 0 Å². The van der Waals surface area contributed by atoms with E-state index in [0.717, 1.165) is 18.5 Å². The molecule has 1 rings (SSSR count). The molecule has 0 unspecified atom stereocenters. The average Bonchev–Trinajstić information content (AvgIpc) is 2.31. The van der Waals surface area contributed by atoms with Gasteiger partial charge in [-0.2, -0.15) is 0 Å². The summed E-state index contributed by atoms with van der Waals surface area (Å²) in [7, 11) is 0. The monoisotopic (exact) mass is 252 g/mol. The Morgan fingerprint density at radius 1 is 1.56 bits per heavy atom. The fourth-order valence-electron chi connectivity index (χ4n) is 1.46. The molecule has 0 amide bonds. The van der Waals surface area contributed by atoms with Gasteiger partial charge in [-0.25, -0.2) is 9.37 Å². The predicted molar refractivity (Wildman–Crippen MR) is 71.0 cm³/mol. The molecule has 3 nitrogen and oxygen atoms in total. The van der Waals surface area contributed by atoms with Crippen LogP contribution in [0, 0.1) is 11.7 Å². The van der Waals surface area contributed by atoms with Crippen LogP contribution in [0.25, 0.3) is 0 Å². The predicted octanol–water partition coefficient (Wildman–Crippen LogP) is 2.92. The molecule has 1 N–H and O–H groups in total. The summed E-state index contributed by atoms with van der Waals surface area (Å²) in [5, 5.41) is 3.25. The van der Waals surface area contributed by atoms with Gasteiger partial charge in [0.25, 0.3) is 0 Å². The molecule has 0 aliphatic rings. The molecule has 100 valence electrons. The van der Waals surface area contributed by atoms with E-state index >= 15 is 0 Å². The van der Waals surface area contributed by atoms with Crippen LogP contribution in [0.1, 0.15) is 25.8 Å². The summed E-state index contributed by atoms with van der Waals surface area (Å²) in [4.78, 5) is 3.98. The number of ether oxygens (including phenoxy) is 1. The second-order valence-corrected chi connectivity index (χ2v) is 4.57. The minimum Gasteiger partial charge on any atom is -0.477 e. The largest absolute Gasteiger partial charge is 0.477 e. The van der Waals surface area contributed by atoms with Crippen LogP contribution >= 0.6 is 0 Å². The lowest BCUT2D eigenvalue weighted by Crippen LogP contribution is -2.20. The molecule has 0 bridgehead atoms. The zero-order chi connectivity index (χ0) is 13.4. The third-order valence-corrected chi connectivity index (χ3v) is 2.32. The first-order valence-electron chi connectivity index (χ1n) is 6.22. The van der Waals surface area contributed by atoms with E-state index in [1.54, 1.807) is 6.08 Å². The smallest absolute Gasteiger partial charge is 0.218 e. The molecule has 0 fully saturated rings. The van der Waals surface area contributed by atoms with Crippen LogP contribution in [-0.4, -0.2) is 18.1 Å². The summed E-state index contributed by atoms with van der Waals surface area (Å²) in [6.07, 6.45) is 3.70. The van der Waals surface area contributed by atoms with Gasteiger partial charge in [-0.05, 0) is 24.9 Å². The van der Waals surface area contributed by atoms with Crippen molar-refractivity contribution >= 4 is 0 Å². The van der Waals surface area contributed by atoms with Crippen molar-refractivity contribution in [2.24, 2.45) is 5.92 Å². The maximum Gasteiger partial charge on any atom is 0.218 e. The summed E-state index contributed by atoms with van der Waals surface area (Å²) >= 11 is 0. The van der Waals surface area contributed by atoms with Gasteiger partial charge in [0, 0.05) is 12.1 Å². The van der Waals surface area contributed by atoms with E-state index in [-0.39, 0.29) is 5.82 Å². The highest BCUT2D eigenvalue weighted by Gasteiger charge is 2.07. The summed E-state index contributed by atoms with van der Waals surface area (Å²) in [6.45, 7) is 9.82. The summed E-state index contributed by atoms with van der Waals surface area (Å²) in [5.74, 6) is 0.707. The van der Waals surface area contributed by atoms with Crippen LogP contribution in [0.2, 0.25) is 0 Å². The van der Waals surface area contributed by atoms with Crippen molar-refractivity contribution in [3.63, 3.8) is 0 Å². The van der Waals surface area contributed by atoms with Gasteiger partial charge in [0.2, 0.25) is 5.88 Å². The highest BCUT2D eigenvalue weighted by Crippen LogP contribution is 2.16. The molecule has 1 aromatic rings. The van der Waals surface area contributed by atoms with Gasteiger partial charge >= 0.3 is 0 Å². The molecule has 1 aromatic heterocycles. The zero-order valence-corrected chi connectivity index (χ0v) is 11.1. The van der Waals surface area contributed by atoms with Crippen LogP contribution in [0.3, 0.4) is 0 Å². The molecule has 0 aliphatic carbocycles. The maximum atomic E-state index is 13.2. The Balaban J connectivity index is 2.61. The van der Waals surface area contributed by atoms with Crippen molar-refractivity contribution < 1.29 is 9.13 Å². The van der Waals surface area contributed by atoms with Crippen LogP contribution in [0.15, 0.2) is 24.9 Å². The number of rotatable bonds is 8. The lowest BCUT2D eigenvalue weighted by Gasteiger charge is -2.11. The van der Waals surface area contributed by atoms with Crippen LogP contribution in [0.5, 0.6) is 5.88 Å². The number of hydrogen-bond donors (Lipinski definition) is 1. The second kappa shape index (κ2) is 7.82. The Labute approximate surface area is 108 Å². The van der Waals surface area contributed by atoms with Crippen molar-refractivity contribution in [1.82, 2.24) is 10.3 Å². The van der Waals surface area contributed by atoms with Gasteiger partial charge in [-0.3, -0.25) is 0 Å². The van der Waals surface area contributed by atoms with E-state index in [2.05, 4.69) is 30.7 Å². The van der Waals surface area contributed by atoms with E-state index in [1.165, 1.54) is 12.3 Å². The molecule has 0 saturated heterocycles. The van der Waals surface area contributed by atoms with Gasteiger partial charge in [0.15, 0.2) is 0 Å². The number of pyridine rings is 1. The molecule has 1 heterocycles. The first-order chi connectivity index (χ1) is 8.63. The third-order valence-electron chi connectivity index (χ3n) is 2.32. The SMILES string of the molecule is C=CCCOc1ncc(F)cc1CNCC(C)C. The lowest BCUT2D eigenvalue weighted by atomic mass is 10.2. The van der Waals surface area contributed by atoms with Crippen LogP contribution in [0.4, 0.5) is 4.39 Å². The molecular weight excluding hydrogens is 231 g/mol. The molecular formula is C14H21FN2O. The minimum absolute atomic E-state index is 0.340. The van der Waals surface area contributed by atoms with Gasteiger partial charge in [0.1, 0.15) is 5.82 Å². The lowest BCUT2D eigenvalue weighted by molar-refractivity contribution is 0.306. The fraction of sp³-hybridized carbons (Fsp3) is 0.500. The van der Waals surface area contributed by atoms with Gasteiger partial charge < -0.3 is 10.1 Å². The van der Waals surface area contributed by atoms with Gasteiger partial charge in [0.05, 0.1) is 12.8 Å². The normalized spacial score (nSPS) is 10.7. The number of aromatic nitrogens is 1. The Bertz CT molecular complexity index is 380. The average molecular weight is 252 g/mol. The number of hydrogen-bond acceptors (Lipinski definition) is 3. The first-order valence-corrected chi connectivity index (χ1v) is 6.22. The summed E-state index contributed by atoms with van der Waals surface area (Å²) in [5.41, 5.74) is 0.750. The highest BCUT2D eigenvalue weighted by molar-refractivity contribution is 5.26. The third kappa shape index (κ3) is 5.27. The molecule has 4 heteroatoms. The molecule has 0 saturated carbocycles. The molecule has 0 spiro atoms.